The normalized spacial score (nSPS) is 13.0. The smallest absolute Gasteiger partial charge is 0.269 e. The minimum atomic E-state index is -0.458. The maximum absolute atomic E-state index is 11.5. The molecule has 19 heavy (non-hydrogen) atoms. The highest BCUT2D eigenvalue weighted by molar-refractivity contribution is 5.85. The van der Waals surface area contributed by atoms with Crippen LogP contribution in [0.4, 0.5) is 5.69 Å². The summed E-state index contributed by atoms with van der Waals surface area (Å²) in [6.45, 7) is 3.52. The number of nitrogens with one attached hydrogen (secondary N) is 1. The van der Waals surface area contributed by atoms with Crippen LogP contribution >= 0.6 is 12.4 Å². The number of carbonyl (C=O) groups is 1. The fourth-order valence-electron chi connectivity index (χ4n) is 1.58. The van der Waals surface area contributed by atoms with Crippen molar-refractivity contribution in [1.29, 1.82) is 0 Å². The third-order valence-corrected chi connectivity index (χ3v) is 2.47. The molecule has 1 rings (SSSR count). The summed E-state index contributed by atoms with van der Waals surface area (Å²) >= 11 is 0. The highest BCUT2D eigenvalue weighted by Gasteiger charge is 2.13. The number of non-ortho nitro benzene ring substituents is 1. The van der Waals surface area contributed by atoms with Crippen molar-refractivity contribution in [3.63, 3.8) is 0 Å². The summed E-state index contributed by atoms with van der Waals surface area (Å²) < 4.78 is 0. The van der Waals surface area contributed by atoms with Crippen LogP contribution in [-0.2, 0) is 4.79 Å². The van der Waals surface area contributed by atoms with E-state index >= 15 is 0 Å². The van der Waals surface area contributed by atoms with Gasteiger partial charge in [-0.25, -0.2) is 0 Å². The second-order valence-electron chi connectivity index (χ2n) is 4.32. The molecule has 0 heterocycles. The summed E-state index contributed by atoms with van der Waals surface area (Å²) in [6.07, 6.45) is 0.235. The zero-order valence-corrected chi connectivity index (χ0v) is 11.6. The van der Waals surface area contributed by atoms with Crippen molar-refractivity contribution in [3.8, 4) is 0 Å². The zero-order chi connectivity index (χ0) is 13.7. The molecule has 0 aliphatic rings. The molecule has 0 spiro atoms. The second-order valence-corrected chi connectivity index (χ2v) is 4.32. The van der Waals surface area contributed by atoms with Crippen molar-refractivity contribution in [2.45, 2.75) is 32.4 Å². The molecule has 0 aliphatic carbocycles. The Morgan fingerprint density at radius 2 is 2.11 bits per heavy atom. The van der Waals surface area contributed by atoms with Crippen molar-refractivity contribution in [2.75, 3.05) is 0 Å². The molecule has 6 nitrogen and oxygen atoms in total. The van der Waals surface area contributed by atoms with E-state index in [-0.39, 0.29) is 42.5 Å². The number of carbonyl (C=O) groups excluding carboxylic acids is 1. The predicted octanol–water partition coefficient (Wildman–Crippen LogP) is 1.93. The summed E-state index contributed by atoms with van der Waals surface area (Å²) in [7, 11) is 0. The first-order valence-electron chi connectivity index (χ1n) is 5.69. The molecule has 106 valence electrons. The van der Waals surface area contributed by atoms with Gasteiger partial charge in [0.2, 0.25) is 5.91 Å². The quantitative estimate of drug-likeness (QED) is 0.638. The van der Waals surface area contributed by atoms with E-state index in [1.807, 2.05) is 0 Å². The molecule has 3 N–H and O–H groups in total. The zero-order valence-electron chi connectivity index (χ0n) is 10.8. The average Bonchev–Trinajstić information content (AvgIpc) is 2.27. The molecule has 2 unspecified atom stereocenters. The summed E-state index contributed by atoms with van der Waals surface area (Å²) in [4.78, 5) is 21.7. The van der Waals surface area contributed by atoms with Gasteiger partial charge < -0.3 is 11.1 Å². The lowest BCUT2D eigenvalue weighted by Crippen LogP contribution is -2.31. The number of nitrogens with two attached hydrogens (primary N) is 1. The summed E-state index contributed by atoms with van der Waals surface area (Å²) in [5, 5.41) is 13.4. The first-order valence-corrected chi connectivity index (χ1v) is 5.69. The standard InChI is InChI=1S/C12H17N3O3.ClH/c1-8(13)6-12(16)14-9(2)10-4-3-5-11(7-10)15(17)18;/h3-5,7-9H,6,13H2,1-2H3,(H,14,16);1H. The van der Waals surface area contributed by atoms with Crippen LogP contribution in [0.2, 0.25) is 0 Å². The molecular formula is C12H18ClN3O3. The van der Waals surface area contributed by atoms with Crippen LogP contribution in [0.1, 0.15) is 31.9 Å². The molecule has 0 saturated carbocycles. The molecule has 0 saturated heterocycles. The second kappa shape index (κ2) is 7.70. The van der Waals surface area contributed by atoms with Gasteiger partial charge in [-0.3, -0.25) is 14.9 Å². The van der Waals surface area contributed by atoms with Gasteiger partial charge in [0, 0.05) is 24.6 Å². The lowest BCUT2D eigenvalue weighted by atomic mass is 10.1. The third-order valence-electron chi connectivity index (χ3n) is 2.47. The van der Waals surface area contributed by atoms with Gasteiger partial charge in [0.1, 0.15) is 0 Å². The molecule has 1 aromatic rings. The van der Waals surface area contributed by atoms with Crippen LogP contribution in [0.15, 0.2) is 24.3 Å². The van der Waals surface area contributed by atoms with E-state index in [1.54, 1.807) is 26.0 Å². The lowest BCUT2D eigenvalue weighted by molar-refractivity contribution is -0.384. The van der Waals surface area contributed by atoms with Gasteiger partial charge >= 0.3 is 0 Å². The Hall–Kier alpha value is -1.66. The summed E-state index contributed by atoms with van der Waals surface area (Å²) in [5.74, 6) is -0.163. The molecule has 0 bridgehead atoms. The van der Waals surface area contributed by atoms with E-state index in [2.05, 4.69) is 5.32 Å². The molecule has 0 fully saturated rings. The van der Waals surface area contributed by atoms with Gasteiger partial charge in [-0.1, -0.05) is 12.1 Å². The molecular weight excluding hydrogens is 270 g/mol. The number of nitro groups is 1. The molecule has 1 aromatic carbocycles. The van der Waals surface area contributed by atoms with Crippen molar-refractivity contribution in [3.05, 3.63) is 39.9 Å². The van der Waals surface area contributed by atoms with E-state index in [0.29, 0.717) is 5.56 Å². The Morgan fingerprint density at radius 3 is 2.63 bits per heavy atom. The van der Waals surface area contributed by atoms with Gasteiger partial charge in [-0.2, -0.15) is 0 Å². The van der Waals surface area contributed by atoms with Crippen LogP contribution in [0, 0.1) is 10.1 Å². The molecule has 0 aromatic heterocycles. The number of nitrogens with zero attached hydrogens (tertiary/aromatic N) is 1. The largest absolute Gasteiger partial charge is 0.350 e. The number of nitro benzene ring substituents is 1. The van der Waals surface area contributed by atoms with Crippen molar-refractivity contribution < 1.29 is 9.72 Å². The number of hydrogen-bond donors (Lipinski definition) is 2. The van der Waals surface area contributed by atoms with Crippen LogP contribution in [0.3, 0.4) is 0 Å². The van der Waals surface area contributed by atoms with E-state index < -0.39 is 4.92 Å². The molecule has 0 radical (unpaired) electrons. The van der Waals surface area contributed by atoms with Crippen LogP contribution in [0.5, 0.6) is 0 Å². The number of benzene rings is 1. The SMILES string of the molecule is CC(N)CC(=O)NC(C)c1cccc([N+](=O)[O-])c1.Cl. The van der Waals surface area contributed by atoms with Crippen LogP contribution in [0.25, 0.3) is 0 Å². The van der Waals surface area contributed by atoms with E-state index in [9.17, 15) is 14.9 Å². The van der Waals surface area contributed by atoms with E-state index in [4.69, 9.17) is 5.73 Å². The monoisotopic (exact) mass is 287 g/mol. The van der Waals surface area contributed by atoms with Crippen molar-refractivity contribution >= 4 is 24.0 Å². The Bertz CT molecular complexity index is 452. The molecule has 7 heteroatoms. The van der Waals surface area contributed by atoms with Gasteiger partial charge in [-0.15, -0.1) is 12.4 Å². The minimum Gasteiger partial charge on any atom is -0.350 e. The molecule has 1 amide bonds. The van der Waals surface area contributed by atoms with Crippen LogP contribution < -0.4 is 11.1 Å². The van der Waals surface area contributed by atoms with E-state index in [1.165, 1.54) is 12.1 Å². The number of rotatable bonds is 5. The third kappa shape index (κ3) is 5.67. The first kappa shape index (κ1) is 17.3. The van der Waals surface area contributed by atoms with E-state index in [0.717, 1.165) is 0 Å². The first-order chi connectivity index (χ1) is 8.40. The summed E-state index contributed by atoms with van der Waals surface area (Å²) in [6, 6.07) is 5.72. The highest BCUT2D eigenvalue weighted by atomic mass is 35.5. The summed E-state index contributed by atoms with van der Waals surface area (Å²) in [5.41, 5.74) is 6.23. The average molecular weight is 288 g/mol. The van der Waals surface area contributed by atoms with Crippen LogP contribution in [-0.4, -0.2) is 16.9 Å². The van der Waals surface area contributed by atoms with Gasteiger partial charge in [0.25, 0.3) is 5.69 Å². The van der Waals surface area contributed by atoms with Crippen molar-refractivity contribution in [1.82, 2.24) is 5.32 Å². The van der Waals surface area contributed by atoms with Crippen molar-refractivity contribution in [2.24, 2.45) is 5.73 Å². The maximum Gasteiger partial charge on any atom is 0.269 e. The predicted molar refractivity (Wildman–Crippen MR) is 75.2 cm³/mol. The minimum absolute atomic E-state index is 0. The highest BCUT2D eigenvalue weighted by Crippen LogP contribution is 2.18. The Morgan fingerprint density at radius 1 is 1.47 bits per heavy atom. The number of amides is 1. The number of hydrogen-bond acceptors (Lipinski definition) is 4. The molecule has 2 atom stereocenters. The lowest BCUT2D eigenvalue weighted by Gasteiger charge is -2.15. The van der Waals surface area contributed by atoms with Gasteiger partial charge in [0.15, 0.2) is 0 Å². The van der Waals surface area contributed by atoms with Gasteiger partial charge in [0.05, 0.1) is 11.0 Å². The Kier molecular flexibility index (Phi) is 7.03. The van der Waals surface area contributed by atoms with Gasteiger partial charge in [-0.05, 0) is 19.4 Å². The molecule has 0 aliphatic heterocycles. The Balaban J connectivity index is 0.00000324. The fraction of sp³-hybridized carbons (Fsp3) is 0.417. The fourth-order valence-corrected chi connectivity index (χ4v) is 1.58. The Labute approximate surface area is 117 Å². The maximum atomic E-state index is 11.5. The number of halogens is 1. The topological polar surface area (TPSA) is 98.3 Å².